The van der Waals surface area contributed by atoms with Gasteiger partial charge in [-0.05, 0) is 61.1 Å². The number of hydrogen-bond acceptors (Lipinski definition) is 10. The van der Waals surface area contributed by atoms with Gasteiger partial charge in [0.05, 0.1) is 17.0 Å². The molecule has 0 spiro atoms. The standard InChI is InChI=1S/C21H25N5O.C14H18N4O2.C7H9N.CH4.Li/c1-24-10-12-26(13-11-24)20-18-9-8-17(14-19(18)25(2)23-20)21(27)22-15-16-6-4-3-5-7-16;1-16-5-7-18(8-6-16)13-11-4-3-10(14(19)20)9-12(11)17(2)15-13;8-6-7-4-2-1-3-5-7;;/h3-9,14H,10-13,15H2,1-2H3,(H,22,27);3-4,9H,5-8H2,1-2H3,(H,19,20);1-5H,6,8H2;1H4;/q;;;;+1/p-1. The SMILES string of the molecule is C.CN1CCN(c2nn(C)c3cc(C(=O)NCc4ccccc4)ccc23)CC1.CN1CCN(c2nn(C)c3cc(C(=O)[O-])ccc23)CC1.NCc1ccccc1.[Li+]. The van der Waals surface area contributed by atoms with Gasteiger partial charge < -0.3 is 40.6 Å². The van der Waals surface area contributed by atoms with Crippen LogP contribution < -0.4 is 44.8 Å². The van der Waals surface area contributed by atoms with Crippen molar-refractivity contribution >= 4 is 45.3 Å². The molecule has 13 nitrogen and oxygen atoms in total. The van der Waals surface area contributed by atoms with Crippen molar-refractivity contribution in [2.24, 2.45) is 19.8 Å². The van der Waals surface area contributed by atoms with E-state index in [2.05, 4.69) is 44.1 Å². The number of carbonyl (C=O) groups is 2. The molecule has 4 aromatic carbocycles. The summed E-state index contributed by atoms with van der Waals surface area (Å²) in [4.78, 5) is 32.7. The maximum atomic E-state index is 12.6. The van der Waals surface area contributed by atoms with Gasteiger partial charge in [-0.3, -0.25) is 14.2 Å². The molecular formula is C43H55LiN10O3. The summed E-state index contributed by atoms with van der Waals surface area (Å²) >= 11 is 0. The third kappa shape index (κ3) is 11.2. The molecule has 2 aliphatic heterocycles. The van der Waals surface area contributed by atoms with E-state index in [-0.39, 0.29) is 37.8 Å². The molecule has 0 unspecified atom stereocenters. The van der Waals surface area contributed by atoms with Crippen molar-refractivity contribution in [2.75, 3.05) is 76.3 Å². The Bertz CT molecular complexity index is 2190. The molecule has 0 radical (unpaired) electrons. The van der Waals surface area contributed by atoms with Crippen LogP contribution in [-0.4, -0.2) is 108 Å². The maximum absolute atomic E-state index is 12.6. The van der Waals surface area contributed by atoms with Gasteiger partial charge in [0.15, 0.2) is 11.6 Å². The average molecular weight is 767 g/mol. The number of nitrogens with zero attached hydrogens (tertiary/aromatic N) is 8. The number of hydrogen-bond donors (Lipinski definition) is 2. The van der Waals surface area contributed by atoms with Gasteiger partial charge in [-0.2, -0.15) is 10.2 Å². The van der Waals surface area contributed by atoms with E-state index >= 15 is 0 Å². The Kier molecular flexibility index (Phi) is 16.3. The largest absolute Gasteiger partial charge is 1.00 e. The zero-order valence-electron chi connectivity index (χ0n) is 33.2. The van der Waals surface area contributed by atoms with Crippen LogP contribution in [0.2, 0.25) is 0 Å². The molecule has 2 aromatic heterocycles. The molecule has 14 heteroatoms. The van der Waals surface area contributed by atoms with Crippen LogP contribution in [0.5, 0.6) is 0 Å². The van der Waals surface area contributed by atoms with Crippen LogP contribution in [0.25, 0.3) is 21.8 Å². The zero-order chi connectivity index (χ0) is 38.9. The van der Waals surface area contributed by atoms with Gasteiger partial charge in [0, 0.05) is 95.9 Å². The molecule has 6 aromatic rings. The van der Waals surface area contributed by atoms with E-state index in [1.54, 1.807) is 16.8 Å². The third-order valence-corrected chi connectivity index (χ3v) is 10.1. The summed E-state index contributed by atoms with van der Waals surface area (Å²) in [5.74, 6) is 0.717. The van der Waals surface area contributed by atoms with Crippen molar-refractivity contribution < 1.29 is 33.6 Å². The van der Waals surface area contributed by atoms with E-state index in [4.69, 9.17) is 10.8 Å². The number of nitrogens with two attached hydrogens (primary N) is 1. The second-order valence-corrected chi connectivity index (χ2v) is 14.1. The molecule has 3 N–H and O–H groups in total. The van der Waals surface area contributed by atoms with Crippen LogP contribution in [0.1, 0.15) is 39.3 Å². The first-order valence-corrected chi connectivity index (χ1v) is 18.7. The molecule has 8 rings (SSSR count). The number of benzene rings is 4. The van der Waals surface area contributed by atoms with Crippen LogP contribution in [0.4, 0.5) is 11.6 Å². The first-order chi connectivity index (χ1) is 26.6. The number of likely N-dealkylation sites (N-methyl/N-ethyl adjacent to an activating group) is 2. The quantitative estimate of drug-likeness (QED) is 0.224. The second-order valence-electron chi connectivity index (χ2n) is 14.1. The number of amides is 1. The number of fused-ring (bicyclic) bond motifs is 2. The summed E-state index contributed by atoms with van der Waals surface area (Å²) in [5, 5.41) is 25.3. The van der Waals surface area contributed by atoms with Crippen LogP contribution in [0.3, 0.4) is 0 Å². The van der Waals surface area contributed by atoms with Gasteiger partial charge in [-0.15, -0.1) is 0 Å². The Morgan fingerprint density at radius 1 is 0.632 bits per heavy atom. The molecular weight excluding hydrogens is 711 g/mol. The minimum Gasteiger partial charge on any atom is -0.545 e. The normalized spacial score (nSPS) is 14.4. The Hall–Kier alpha value is -5.16. The summed E-state index contributed by atoms with van der Waals surface area (Å²) in [6, 6.07) is 30.8. The summed E-state index contributed by atoms with van der Waals surface area (Å²) < 4.78 is 3.60. The fourth-order valence-electron chi connectivity index (χ4n) is 6.74. The third-order valence-electron chi connectivity index (χ3n) is 10.1. The Morgan fingerprint density at radius 2 is 1.05 bits per heavy atom. The number of carboxylic acid groups (broad SMARTS) is 1. The van der Waals surface area contributed by atoms with Crippen molar-refractivity contribution in [1.82, 2.24) is 34.7 Å². The monoisotopic (exact) mass is 766 g/mol. The van der Waals surface area contributed by atoms with Gasteiger partial charge in [0.1, 0.15) is 0 Å². The van der Waals surface area contributed by atoms with Crippen LogP contribution in [0, 0.1) is 0 Å². The van der Waals surface area contributed by atoms with Crippen molar-refractivity contribution in [1.29, 1.82) is 0 Å². The molecule has 1 amide bonds. The van der Waals surface area contributed by atoms with E-state index in [1.165, 1.54) is 5.56 Å². The number of nitrogens with one attached hydrogen (secondary N) is 1. The van der Waals surface area contributed by atoms with E-state index in [0.717, 1.165) is 91.4 Å². The average Bonchev–Trinajstić information content (AvgIpc) is 3.73. The maximum Gasteiger partial charge on any atom is 1.00 e. The van der Waals surface area contributed by atoms with Crippen LogP contribution in [0.15, 0.2) is 97.1 Å². The van der Waals surface area contributed by atoms with Crippen molar-refractivity contribution in [3.8, 4) is 0 Å². The molecule has 0 aliphatic carbocycles. The molecule has 296 valence electrons. The fraction of sp³-hybridized carbons (Fsp3) is 0.349. The van der Waals surface area contributed by atoms with E-state index in [0.29, 0.717) is 18.7 Å². The molecule has 0 saturated carbocycles. The molecule has 57 heavy (non-hydrogen) atoms. The van der Waals surface area contributed by atoms with Crippen molar-refractivity contribution in [3.63, 3.8) is 0 Å². The number of aromatic carboxylic acids is 1. The van der Waals surface area contributed by atoms with Gasteiger partial charge >= 0.3 is 18.9 Å². The Balaban J connectivity index is 0.000000211. The number of aryl methyl sites for hydroxylation is 2. The summed E-state index contributed by atoms with van der Waals surface area (Å²) in [5.41, 5.74) is 10.3. The van der Waals surface area contributed by atoms with E-state index < -0.39 is 5.97 Å². The minimum absolute atomic E-state index is 0. The van der Waals surface area contributed by atoms with E-state index in [9.17, 15) is 14.7 Å². The Labute approximate surface area is 348 Å². The topological polar surface area (TPSA) is 144 Å². The molecule has 2 aliphatic rings. The number of carbonyl (C=O) groups excluding carboxylic acids is 2. The summed E-state index contributed by atoms with van der Waals surface area (Å²) in [7, 11) is 8.03. The van der Waals surface area contributed by atoms with Crippen molar-refractivity contribution in [3.05, 3.63) is 119 Å². The predicted molar refractivity (Wildman–Crippen MR) is 224 cm³/mol. The summed E-state index contributed by atoms with van der Waals surface area (Å²) in [6.07, 6.45) is 0. The number of anilines is 2. The predicted octanol–water partition coefficient (Wildman–Crippen LogP) is 0.729. The van der Waals surface area contributed by atoms with Gasteiger partial charge in [-0.25, -0.2) is 0 Å². The second kappa shape index (κ2) is 20.8. The number of carboxylic acids is 1. The van der Waals surface area contributed by atoms with E-state index in [1.807, 2.05) is 104 Å². The van der Waals surface area contributed by atoms with Crippen LogP contribution in [-0.2, 0) is 27.2 Å². The molecule has 2 fully saturated rings. The number of aromatic nitrogens is 4. The molecule has 2 saturated heterocycles. The fourth-order valence-corrected chi connectivity index (χ4v) is 6.74. The number of piperazine rings is 2. The smallest absolute Gasteiger partial charge is 0.545 e. The Morgan fingerprint density at radius 3 is 1.47 bits per heavy atom. The van der Waals surface area contributed by atoms with Gasteiger partial charge in [0.25, 0.3) is 5.91 Å². The van der Waals surface area contributed by atoms with Gasteiger partial charge in [0.2, 0.25) is 0 Å². The van der Waals surface area contributed by atoms with Crippen molar-refractivity contribution in [2.45, 2.75) is 20.5 Å². The summed E-state index contributed by atoms with van der Waals surface area (Å²) in [6.45, 7) is 9.08. The molecule has 4 heterocycles. The number of rotatable bonds is 7. The van der Waals surface area contributed by atoms with Crippen LogP contribution >= 0.6 is 0 Å². The minimum atomic E-state index is -1.16. The first kappa shape index (κ1) is 44.6. The zero-order valence-corrected chi connectivity index (χ0v) is 33.2. The molecule has 0 atom stereocenters. The molecule has 0 bridgehead atoms. The van der Waals surface area contributed by atoms with Gasteiger partial charge in [-0.1, -0.05) is 74.2 Å². The first-order valence-electron chi connectivity index (χ1n) is 18.7.